The monoisotopic (exact) mass is 565 g/mol. The van der Waals surface area contributed by atoms with Gasteiger partial charge >= 0.3 is 0 Å². The molecule has 2 amide bonds. The number of para-hydroxylation sites is 2. The molecule has 5 rings (SSSR count). The van der Waals surface area contributed by atoms with Crippen LogP contribution in [0.15, 0.2) is 83.8 Å². The van der Waals surface area contributed by atoms with Crippen molar-refractivity contribution in [3.05, 3.63) is 106 Å². The number of benzene rings is 3. The average molecular weight is 566 g/mol. The Kier molecular flexibility index (Phi) is 8.13. The summed E-state index contributed by atoms with van der Waals surface area (Å²) >= 11 is 0.930. The Bertz CT molecular complexity index is 1670. The lowest BCUT2D eigenvalue weighted by atomic mass is 10.2. The number of nitriles is 1. The highest BCUT2D eigenvalue weighted by molar-refractivity contribution is 8.18. The molecule has 1 aliphatic heterocycles. The van der Waals surface area contributed by atoms with Crippen LogP contribution in [0.1, 0.15) is 22.5 Å². The molecule has 0 unspecified atom stereocenters. The molecule has 1 saturated heterocycles. The van der Waals surface area contributed by atoms with Gasteiger partial charge in [0.1, 0.15) is 18.1 Å². The van der Waals surface area contributed by atoms with E-state index in [-0.39, 0.29) is 24.3 Å². The molecule has 41 heavy (non-hydrogen) atoms. The maximum atomic E-state index is 13.1. The third-order valence-corrected chi connectivity index (χ3v) is 7.49. The summed E-state index contributed by atoms with van der Waals surface area (Å²) < 4.78 is 19.0. The number of carbonyl (C=O) groups is 2. The number of amides is 2. The van der Waals surface area contributed by atoms with Crippen molar-refractivity contribution in [2.45, 2.75) is 13.8 Å². The number of nitrogens with zero attached hydrogens (tertiary/aromatic N) is 3. The molecule has 0 bridgehead atoms. The number of aromatic nitrogens is 1. The first-order valence-electron chi connectivity index (χ1n) is 12.9. The zero-order valence-corrected chi connectivity index (χ0v) is 23.6. The molecule has 1 aliphatic rings. The average Bonchev–Trinajstić information content (AvgIpc) is 3.42. The Morgan fingerprint density at radius 3 is 2.24 bits per heavy atom. The third-order valence-electron chi connectivity index (χ3n) is 6.59. The molecule has 9 heteroatoms. The van der Waals surface area contributed by atoms with Gasteiger partial charge in [0, 0.05) is 17.1 Å². The van der Waals surface area contributed by atoms with Crippen LogP contribution in [0.4, 0.5) is 4.79 Å². The van der Waals surface area contributed by atoms with E-state index in [1.165, 1.54) is 4.90 Å². The number of rotatable bonds is 9. The van der Waals surface area contributed by atoms with Gasteiger partial charge in [-0.1, -0.05) is 12.1 Å². The quantitative estimate of drug-likeness (QED) is 0.204. The number of methoxy groups -OCH3 is 1. The standard InChI is InChI=1S/C32H27N3O5S/c1-21-18-24(19-30-31(36)34(32(37)41-30)16-17-39-29-7-5-4-6-28(29)38-3)22(2)35(21)25-10-14-27(15-11-25)40-26-12-8-23(20-33)9-13-26/h4-15,18-19H,16-17H2,1-3H3/b30-19-. The first-order chi connectivity index (χ1) is 19.9. The molecule has 3 aromatic carbocycles. The van der Waals surface area contributed by atoms with E-state index >= 15 is 0 Å². The molecule has 0 saturated carbocycles. The van der Waals surface area contributed by atoms with Crippen molar-refractivity contribution in [3.63, 3.8) is 0 Å². The van der Waals surface area contributed by atoms with Crippen LogP contribution in [0.3, 0.4) is 0 Å². The lowest BCUT2D eigenvalue weighted by Crippen LogP contribution is -2.32. The van der Waals surface area contributed by atoms with E-state index in [4.69, 9.17) is 19.5 Å². The smallest absolute Gasteiger partial charge is 0.293 e. The molecule has 4 aromatic rings. The second-order valence-electron chi connectivity index (χ2n) is 9.23. The van der Waals surface area contributed by atoms with Gasteiger partial charge in [0.15, 0.2) is 11.5 Å². The van der Waals surface area contributed by atoms with Gasteiger partial charge in [-0.25, -0.2) is 0 Å². The maximum absolute atomic E-state index is 13.1. The second-order valence-corrected chi connectivity index (χ2v) is 10.2. The second kappa shape index (κ2) is 12.1. The lowest BCUT2D eigenvalue weighted by Gasteiger charge is -2.14. The summed E-state index contributed by atoms with van der Waals surface area (Å²) in [7, 11) is 1.56. The summed E-state index contributed by atoms with van der Waals surface area (Å²) in [5, 5.41) is 8.64. The minimum atomic E-state index is -0.335. The van der Waals surface area contributed by atoms with E-state index in [9.17, 15) is 9.59 Å². The topological polar surface area (TPSA) is 93.8 Å². The number of thioether (sulfide) groups is 1. The largest absolute Gasteiger partial charge is 0.493 e. The summed E-state index contributed by atoms with van der Waals surface area (Å²) in [5.41, 5.74) is 4.29. The number of ether oxygens (including phenoxy) is 3. The van der Waals surface area contributed by atoms with Gasteiger partial charge in [0.2, 0.25) is 0 Å². The van der Waals surface area contributed by atoms with Crippen LogP contribution in [0.25, 0.3) is 11.8 Å². The molecule has 0 aliphatic carbocycles. The molecule has 2 heterocycles. The van der Waals surface area contributed by atoms with Gasteiger partial charge < -0.3 is 18.8 Å². The first kappa shape index (κ1) is 27.6. The minimum absolute atomic E-state index is 0.135. The normalized spacial score (nSPS) is 13.9. The summed E-state index contributed by atoms with van der Waals surface area (Å²) in [6.45, 7) is 4.26. The van der Waals surface area contributed by atoms with Crippen molar-refractivity contribution in [1.29, 1.82) is 5.26 Å². The molecule has 0 spiro atoms. The van der Waals surface area contributed by atoms with Crippen LogP contribution in [0.2, 0.25) is 0 Å². The van der Waals surface area contributed by atoms with Crippen molar-refractivity contribution in [2.24, 2.45) is 0 Å². The van der Waals surface area contributed by atoms with Crippen LogP contribution >= 0.6 is 11.8 Å². The van der Waals surface area contributed by atoms with Gasteiger partial charge in [0.25, 0.3) is 11.1 Å². The Hall–Kier alpha value is -4.94. The number of carbonyl (C=O) groups excluding carboxylic acids is 2. The van der Waals surface area contributed by atoms with E-state index < -0.39 is 0 Å². The summed E-state index contributed by atoms with van der Waals surface area (Å²) in [6, 6.07) is 25.9. The Morgan fingerprint density at radius 1 is 0.927 bits per heavy atom. The zero-order valence-electron chi connectivity index (χ0n) is 22.8. The fraction of sp³-hybridized carbons (Fsp3) is 0.156. The molecule has 1 aromatic heterocycles. The predicted octanol–water partition coefficient (Wildman–Crippen LogP) is 6.88. The van der Waals surface area contributed by atoms with Gasteiger partial charge in [-0.3, -0.25) is 14.5 Å². The third kappa shape index (κ3) is 5.98. The van der Waals surface area contributed by atoms with E-state index in [1.54, 1.807) is 49.6 Å². The van der Waals surface area contributed by atoms with Crippen molar-refractivity contribution in [1.82, 2.24) is 9.47 Å². The summed E-state index contributed by atoms with van der Waals surface area (Å²) in [5.74, 6) is 2.12. The minimum Gasteiger partial charge on any atom is -0.493 e. The maximum Gasteiger partial charge on any atom is 0.293 e. The number of aryl methyl sites for hydroxylation is 1. The summed E-state index contributed by atoms with van der Waals surface area (Å²) in [6.07, 6.45) is 1.77. The first-order valence-corrected chi connectivity index (χ1v) is 13.7. The zero-order chi connectivity index (χ0) is 28.9. The van der Waals surface area contributed by atoms with Crippen LogP contribution in [-0.4, -0.2) is 40.9 Å². The van der Waals surface area contributed by atoms with Crippen molar-refractivity contribution < 1.29 is 23.8 Å². The van der Waals surface area contributed by atoms with Crippen molar-refractivity contribution in [2.75, 3.05) is 20.3 Å². The van der Waals surface area contributed by atoms with Crippen LogP contribution in [0, 0.1) is 25.2 Å². The number of hydrogen-bond donors (Lipinski definition) is 0. The highest BCUT2D eigenvalue weighted by atomic mass is 32.2. The molecule has 0 radical (unpaired) electrons. The fourth-order valence-electron chi connectivity index (χ4n) is 4.55. The molecule has 0 N–H and O–H groups in total. The lowest BCUT2D eigenvalue weighted by molar-refractivity contribution is -0.123. The Morgan fingerprint density at radius 2 is 1.59 bits per heavy atom. The van der Waals surface area contributed by atoms with E-state index in [1.807, 2.05) is 56.3 Å². The number of imide groups is 1. The molecule has 8 nitrogen and oxygen atoms in total. The highest BCUT2D eigenvalue weighted by Crippen LogP contribution is 2.34. The highest BCUT2D eigenvalue weighted by Gasteiger charge is 2.35. The van der Waals surface area contributed by atoms with E-state index in [0.29, 0.717) is 33.5 Å². The Labute approximate surface area is 242 Å². The van der Waals surface area contributed by atoms with Crippen LogP contribution in [-0.2, 0) is 4.79 Å². The van der Waals surface area contributed by atoms with Crippen molar-refractivity contribution >= 4 is 29.0 Å². The number of hydrogen-bond acceptors (Lipinski definition) is 7. The molecular formula is C32H27N3O5S. The molecular weight excluding hydrogens is 538 g/mol. The van der Waals surface area contributed by atoms with Gasteiger partial charge in [0.05, 0.1) is 30.2 Å². The predicted molar refractivity (Wildman–Crippen MR) is 158 cm³/mol. The van der Waals surface area contributed by atoms with Gasteiger partial charge in [-0.2, -0.15) is 5.26 Å². The van der Waals surface area contributed by atoms with E-state index in [0.717, 1.165) is 34.4 Å². The molecule has 206 valence electrons. The Balaban J connectivity index is 1.27. The van der Waals surface area contributed by atoms with Gasteiger partial charge in [-0.15, -0.1) is 0 Å². The van der Waals surface area contributed by atoms with E-state index in [2.05, 4.69) is 10.6 Å². The van der Waals surface area contributed by atoms with Crippen LogP contribution in [0.5, 0.6) is 23.0 Å². The molecule has 1 fully saturated rings. The molecule has 0 atom stereocenters. The van der Waals surface area contributed by atoms with Crippen molar-refractivity contribution in [3.8, 4) is 34.8 Å². The fourth-order valence-corrected chi connectivity index (χ4v) is 5.40. The van der Waals surface area contributed by atoms with Gasteiger partial charge in [-0.05, 0) is 104 Å². The van der Waals surface area contributed by atoms with Crippen LogP contribution < -0.4 is 14.2 Å². The SMILES string of the molecule is COc1ccccc1OCCN1C(=O)S/C(=C\c2cc(C)n(-c3ccc(Oc4ccc(C#N)cc4)cc3)c2C)C1=O. The summed E-state index contributed by atoms with van der Waals surface area (Å²) in [4.78, 5) is 27.3.